The Bertz CT molecular complexity index is 568. The predicted octanol–water partition coefficient (Wildman–Crippen LogP) is 2.54. The van der Waals surface area contributed by atoms with Crippen LogP contribution in [0.5, 0.6) is 0 Å². The number of thioether (sulfide) groups is 1. The molecule has 1 saturated heterocycles. The average molecular weight is 353 g/mol. The van der Waals surface area contributed by atoms with Crippen molar-refractivity contribution in [3.05, 3.63) is 11.8 Å². The fraction of sp³-hybridized carbons (Fsp3) is 0.706. The molecular weight excluding hydrogens is 324 g/mol. The zero-order valence-corrected chi connectivity index (χ0v) is 16.1. The smallest absolute Gasteiger partial charge is 0.343 e. The van der Waals surface area contributed by atoms with Gasteiger partial charge in [-0.25, -0.2) is 14.8 Å². The third-order valence-corrected chi connectivity index (χ3v) is 5.02. The molecule has 24 heavy (non-hydrogen) atoms. The number of ether oxygens (including phenoxy) is 1. The number of hydrogen-bond donors (Lipinski definition) is 0. The molecule has 2 heterocycles. The highest BCUT2D eigenvalue weighted by Crippen LogP contribution is 2.31. The standard InChI is InChI=1S/C17H28N4O2S/c1-6-8-12-10-21(11-14(12)20(3)4)15-13(16(22)23-7-2)9-18-17(19-15)24-5/h9,12,14H,6-8,10-11H2,1-5H3/t12-,14-/m1/s1. The van der Waals surface area contributed by atoms with Crippen molar-refractivity contribution in [1.82, 2.24) is 14.9 Å². The Morgan fingerprint density at radius 3 is 2.75 bits per heavy atom. The minimum absolute atomic E-state index is 0.347. The molecule has 7 heteroatoms. The van der Waals surface area contributed by atoms with Crippen LogP contribution in [0.15, 0.2) is 11.4 Å². The molecule has 0 unspecified atom stereocenters. The first-order chi connectivity index (χ1) is 11.5. The van der Waals surface area contributed by atoms with E-state index in [2.05, 4.69) is 40.8 Å². The fourth-order valence-electron chi connectivity index (χ4n) is 3.32. The monoisotopic (exact) mass is 352 g/mol. The fourth-order valence-corrected chi connectivity index (χ4v) is 3.65. The highest BCUT2D eigenvalue weighted by molar-refractivity contribution is 7.98. The summed E-state index contributed by atoms with van der Waals surface area (Å²) >= 11 is 1.48. The lowest BCUT2D eigenvalue weighted by Crippen LogP contribution is -2.35. The van der Waals surface area contributed by atoms with Crippen LogP contribution in [0.25, 0.3) is 0 Å². The minimum Gasteiger partial charge on any atom is -0.462 e. The molecule has 0 saturated carbocycles. The number of rotatable bonds is 7. The lowest BCUT2D eigenvalue weighted by molar-refractivity contribution is 0.0526. The van der Waals surface area contributed by atoms with Crippen LogP contribution in [0, 0.1) is 5.92 Å². The Kier molecular flexibility index (Phi) is 6.86. The van der Waals surface area contributed by atoms with Crippen molar-refractivity contribution in [2.24, 2.45) is 5.92 Å². The number of aromatic nitrogens is 2. The predicted molar refractivity (Wildman–Crippen MR) is 97.9 cm³/mol. The van der Waals surface area contributed by atoms with Crippen molar-refractivity contribution in [2.75, 3.05) is 44.9 Å². The Morgan fingerprint density at radius 1 is 1.42 bits per heavy atom. The van der Waals surface area contributed by atoms with Gasteiger partial charge in [-0.3, -0.25) is 0 Å². The maximum Gasteiger partial charge on any atom is 0.343 e. The normalized spacial score (nSPS) is 20.7. The largest absolute Gasteiger partial charge is 0.462 e. The summed E-state index contributed by atoms with van der Waals surface area (Å²) in [6, 6.07) is 0.465. The van der Waals surface area contributed by atoms with Crippen molar-refractivity contribution < 1.29 is 9.53 Å². The molecule has 0 N–H and O–H groups in total. The summed E-state index contributed by atoms with van der Waals surface area (Å²) in [5.74, 6) is 0.937. The molecule has 0 spiro atoms. The molecule has 6 nitrogen and oxygen atoms in total. The van der Waals surface area contributed by atoms with E-state index in [-0.39, 0.29) is 5.97 Å². The lowest BCUT2D eigenvalue weighted by Gasteiger charge is -2.24. The molecule has 134 valence electrons. The van der Waals surface area contributed by atoms with Crippen molar-refractivity contribution >= 4 is 23.5 Å². The van der Waals surface area contributed by atoms with Crippen LogP contribution in [0.1, 0.15) is 37.0 Å². The number of esters is 1. The van der Waals surface area contributed by atoms with Crippen LogP contribution in [0.3, 0.4) is 0 Å². The summed E-state index contributed by atoms with van der Waals surface area (Å²) in [5, 5.41) is 0.679. The van der Waals surface area contributed by atoms with Gasteiger partial charge >= 0.3 is 5.97 Å². The van der Waals surface area contributed by atoms with Gasteiger partial charge in [0, 0.05) is 25.3 Å². The van der Waals surface area contributed by atoms with Gasteiger partial charge in [0.1, 0.15) is 11.4 Å². The number of hydrogen-bond acceptors (Lipinski definition) is 7. The number of carbonyl (C=O) groups is 1. The molecule has 0 bridgehead atoms. The quantitative estimate of drug-likeness (QED) is 0.424. The van der Waals surface area contributed by atoms with Gasteiger partial charge in [0.2, 0.25) is 0 Å². The van der Waals surface area contributed by atoms with Gasteiger partial charge in [-0.1, -0.05) is 25.1 Å². The van der Waals surface area contributed by atoms with E-state index in [1.165, 1.54) is 18.2 Å². The molecule has 2 atom stereocenters. The number of carbonyl (C=O) groups excluding carboxylic acids is 1. The van der Waals surface area contributed by atoms with Crippen LogP contribution >= 0.6 is 11.8 Å². The van der Waals surface area contributed by atoms with Gasteiger partial charge in [0.25, 0.3) is 0 Å². The first-order valence-corrected chi connectivity index (χ1v) is 9.73. The van der Waals surface area contributed by atoms with Crippen LogP contribution in [-0.4, -0.2) is 66.9 Å². The summed E-state index contributed by atoms with van der Waals surface area (Å²) in [6.07, 6.45) is 5.88. The van der Waals surface area contributed by atoms with Gasteiger partial charge in [0.15, 0.2) is 5.16 Å². The molecule has 1 aromatic rings. The Labute approximate surface area is 149 Å². The Morgan fingerprint density at radius 2 is 2.17 bits per heavy atom. The molecular formula is C17H28N4O2S. The SMILES string of the molecule is CCC[C@@H]1CN(c2nc(SC)ncc2C(=O)OCC)C[C@H]1N(C)C. The summed E-state index contributed by atoms with van der Waals surface area (Å²) < 4.78 is 5.19. The van der Waals surface area contributed by atoms with E-state index >= 15 is 0 Å². The molecule has 2 rings (SSSR count). The van der Waals surface area contributed by atoms with Gasteiger partial charge in [-0.2, -0.15) is 0 Å². The second-order valence-corrected chi connectivity index (χ2v) is 7.07. The van der Waals surface area contributed by atoms with E-state index in [4.69, 9.17) is 4.74 Å². The van der Waals surface area contributed by atoms with E-state index in [1.54, 1.807) is 6.20 Å². The van der Waals surface area contributed by atoms with Crippen molar-refractivity contribution in [3.63, 3.8) is 0 Å². The van der Waals surface area contributed by atoms with Gasteiger partial charge in [-0.05, 0) is 39.6 Å². The van der Waals surface area contributed by atoms with E-state index in [0.717, 1.165) is 19.5 Å². The minimum atomic E-state index is -0.347. The molecule has 1 fully saturated rings. The Balaban J connectivity index is 2.34. The van der Waals surface area contributed by atoms with Gasteiger partial charge < -0.3 is 14.5 Å². The number of likely N-dealkylation sites (N-methyl/N-ethyl adjacent to an activating group) is 1. The van der Waals surface area contributed by atoms with Gasteiger partial charge in [0.05, 0.1) is 6.61 Å². The summed E-state index contributed by atoms with van der Waals surface area (Å²) in [6.45, 7) is 6.16. The first-order valence-electron chi connectivity index (χ1n) is 8.51. The Hall–Kier alpha value is -1.34. The highest BCUT2D eigenvalue weighted by Gasteiger charge is 2.36. The van der Waals surface area contributed by atoms with Crippen molar-refractivity contribution in [1.29, 1.82) is 0 Å². The molecule has 1 aromatic heterocycles. The van der Waals surface area contributed by atoms with Crippen LogP contribution in [0.4, 0.5) is 5.82 Å². The van der Waals surface area contributed by atoms with E-state index in [1.807, 2.05) is 13.2 Å². The van der Waals surface area contributed by atoms with E-state index < -0.39 is 0 Å². The van der Waals surface area contributed by atoms with E-state index in [0.29, 0.717) is 35.1 Å². The summed E-state index contributed by atoms with van der Waals surface area (Å²) in [5.41, 5.74) is 0.462. The van der Waals surface area contributed by atoms with Gasteiger partial charge in [-0.15, -0.1) is 0 Å². The molecule has 0 amide bonds. The second kappa shape index (κ2) is 8.67. The highest BCUT2D eigenvalue weighted by atomic mass is 32.2. The zero-order valence-electron chi connectivity index (χ0n) is 15.3. The molecule has 0 aromatic carbocycles. The first kappa shape index (κ1) is 19.0. The van der Waals surface area contributed by atoms with Crippen LogP contribution in [-0.2, 0) is 4.74 Å². The van der Waals surface area contributed by atoms with Crippen molar-refractivity contribution in [3.8, 4) is 0 Å². The topological polar surface area (TPSA) is 58.6 Å². The second-order valence-electron chi connectivity index (χ2n) is 6.30. The molecule has 0 radical (unpaired) electrons. The maximum atomic E-state index is 12.3. The summed E-state index contributed by atoms with van der Waals surface area (Å²) in [7, 11) is 4.24. The van der Waals surface area contributed by atoms with Crippen LogP contribution in [0.2, 0.25) is 0 Å². The lowest BCUT2D eigenvalue weighted by atomic mass is 9.98. The van der Waals surface area contributed by atoms with Crippen LogP contribution < -0.4 is 4.90 Å². The zero-order chi connectivity index (χ0) is 17.7. The number of nitrogens with zero attached hydrogens (tertiary/aromatic N) is 4. The number of anilines is 1. The third-order valence-electron chi connectivity index (χ3n) is 4.45. The third kappa shape index (κ3) is 4.19. The molecule has 1 aliphatic heterocycles. The summed E-state index contributed by atoms with van der Waals surface area (Å²) in [4.78, 5) is 25.7. The van der Waals surface area contributed by atoms with Crippen molar-refractivity contribution in [2.45, 2.75) is 37.9 Å². The molecule has 0 aliphatic carbocycles. The average Bonchev–Trinajstić information content (AvgIpc) is 2.99. The van der Waals surface area contributed by atoms with E-state index in [9.17, 15) is 4.79 Å². The molecule has 1 aliphatic rings. The maximum absolute atomic E-state index is 12.3.